The van der Waals surface area contributed by atoms with Gasteiger partial charge in [-0.2, -0.15) is 0 Å². The third-order valence-electron chi connectivity index (χ3n) is 5.07. The molecule has 2 aromatic carbocycles. The van der Waals surface area contributed by atoms with Crippen molar-refractivity contribution in [3.63, 3.8) is 0 Å². The van der Waals surface area contributed by atoms with Crippen LogP contribution in [0.5, 0.6) is 0 Å². The van der Waals surface area contributed by atoms with E-state index >= 15 is 0 Å². The Morgan fingerprint density at radius 2 is 1.54 bits per heavy atom. The fraction of sp³-hybridized carbons (Fsp3) is 0.318. The number of nitrogens with one attached hydrogen (secondary N) is 2. The number of anilines is 2. The monoisotopic (exact) mass is 380 g/mol. The van der Waals surface area contributed by atoms with E-state index in [0.29, 0.717) is 24.2 Å². The second-order valence-electron chi connectivity index (χ2n) is 7.66. The van der Waals surface area contributed by atoms with Gasteiger partial charge >= 0.3 is 5.97 Å². The number of carboxylic acids is 1. The maximum Gasteiger partial charge on any atom is 0.310 e. The highest BCUT2D eigenvalue weighted by Gasteiger charge is 2.45. The van der Waals surface area contributed by atoms with Crippen molar-refractivity contribution in [3.8, 4) is 0 Å². The first-order valence-electron chi connectivity index (χ1n) is 9.30. The molecule has 146 valence electrons. The van der Waals surface area contributed by atoms with E-state index in [9.17, 15) is 19.5 Å². The number of carbonyl (C=O) groups is 3. The number of carbonyl (C=O) groups excluding carboxylic acids is 2. The Kier molecular flexibility index (Phi) is 5.49. The van der Waals surface area contributed by atoms with E-state index in [-0.39, 0.29) is 24.2 Å². The molecule has 0 spiro atoms. The molecule has 0 radical (unpaired) electrons. The molecule has 0 saturated carbocycles. The number of hydrogen-bond donors (Lipinski definition) is 3. The standard InChI is InChI=1S/C22H24N2O4/c1-14(2)20(26)24-18-9-5-8-17(10-18)23-19(25)13-22(21(27)28)11-15-6-3-4-7-16(15)12-22/h3-10,14H,11-13H2,1-2H3,(H,23,25)(H,24,26)(H,27,28). The molecular weight excluding hydrogens is 356 g/mol. The third kappa shape index (κ3) is 4.22. The molecule has 0 bridgehead atoms. The molecule has 3 rings (SSSR count). The van der Waals surface area contributed by atoms with Gasteiger partial charge in [-0.3, -0.25) is 14.4 Å². The first-order chi connectivity index (χ1) is 13.3. The van der Waals surface area contributed by atoms with E-state index in [4.69, 9.17) is 0 Å². The largest absolute Gasteiger partial charge is 0.481 e. The number of aliphatic carboxylic acids is 1. The molecule has 0 atom stereocenters. The lowest BCUT2D eigenvalue weighted by molar-refractivity contribution is -0.150. The Morgan fingerprint density at radius 3 is 2.07 bits per heavy atom. The van der Waals surface area contributed by atoms with Crippen molar-refractivity contribution in [1.82, 2.24) is 0 Å². The minimum Gasteiger partial charge on any atom is -0.481 e. The molecular formula is C22H24N2O4. The fourth-order valence-electron chi connectivity index (χ4n) is 3.52. The molecule has 6 heteroatoms. The van der Waals surface area contributed by atoms with Crippen molar-refractivity contribution < 1.29 is 19.5 Å². The van der Waals surface area contributed by atoms with Gasteiger partial charge in [-0.25, -0.2) is 0 Å². The zero-order chi connectivity index (χ0) is 20.3. The van der Waals surface area contributed by atoms with Crippen LogP contribution in [-0.4, -0.2) is 22.9 Å². The average molecular weight is 380 g/mol. The summed E-state index contributed by atoms with van der Waals surface area (Å²) in [6.07, 6.45) is 0.576. The summed E-state index contributed by atoms with van der Waals surface area (Å²) in [5.74, 6) is -1.59. The Labute approximate surface area is 164 Å². The zero-order valence-corrected chi connectivity index (χ0v) is 16.0. The van der Waals surface area contributed by atoms with E-state index in [2.05, 4.69) is 10.6 Å². The number of rotatable bonds is 6. The molecule has 1 aliphatic rings. The molecule has 1 aliphatic carbocycles. The van der Waals surface area contributed by atoms with Crippen molar-refractivity contribution in [3.05, 3.63) is 59.7 Å². The lowest BCUT2D eigenvalue weighted by Crippen LogP contribution is -2.36. The highest BCUT2D eigenvalue weighted by Crippen LogP contribution is 2.40. The van der Waals surface area contributed by atoms with Crippen LogP contribution >= 0.6 is 0 Å². The van der Waals surface area contributed by atoms with E-state index < -0.39 is 11.4 Å². The summed E-state index contributed by atoms with van der Waals surface area (Å²) in [4.78, 5) is 36.4. The number of carboxylic acid groups (broad SMARTS) is 1. The van der Waals surface area contributed by atoms with Crippen LogP contribution in [0.25, 0.3) is 0 Å². The number of hydrogen-bond acceptors (Lipinski definition) is 3. The van der Waals surface area contributed by atoms with Crippen LogP contribution < -0.4 is 10.6 Å². The van der Waals surface area contributed by atoms with E-state index in [1.807, 2.05) is 24.3 Å². The SMILES string of the molecule is CC(C)C(=O)Nc1cccc(NC(=O)CC2(C(=O)O)Cc3ccccc3C2)c1. The second kappa shape index (κ2) is 7.84. The van der Waals surface area contributed by atoms with Crippen LogP contribution in [0, 0.1) is 11.3 Å². The van der Waals surface area contributed by atoms with Gasteiger partial charge in [0.05, 0.1) is 5.41 Å². The number of fused-ring (bicyclic) bond motifs is 1. The fourth-order valence-corrected chi connectivity index (χ4v) is 3.52. The summed E-state index contributed by atoms with van der Waals surface area (Å²) in [5.41, 5.74) is 1.93. The van der Waals surface area contributed by atoms with E-state index in [1.165, 1.54) is 0 Å². The minimum absolute atomic E-state index is 0.112. The first kappa shape index (κ1) is 19.6. The Morgan fingerprint density at radius 1 is 0.964 bits per heavy atom. The van der Waals surface area contributed by atoms with Crippen molar-refractivity contribution >= 4 is 29.2 Å². The molecule has 3 N–H and O–H groups in total. The Balaban J connectivity index is 1.70. The van der Waals surface area contributed by atoms with Crippen LogP contribution in [0.3, 0.4) is 0 Å². The lowest BCUT2D eigenvalue weighted by atomic mass is 9.81. The summed E-state index contributed by atoms with van der Waals surface area (Å²) >= 11 is 0. The Hall–Kier alpha value is -3.15. The van der Waals surface area contributed by atoms with Crippen LogP contribution in [0.2, 0.25) is 0 Å². The summed E-state index contributed by atoms with van der Waals surface area (Å²) in [6.45, 7) is 3.60. The minimum atomic E-state index is -1.13. The highest BCUT2D eigenvalue weighted by molar-refractivity contribution is 5.96. The maximum atomic E-state index is 12.6. The normalized spacial score (nSPS) is 14.4. The predicted octanol–water partition coefficient (Wildman–Crippen LogP) is 3.48. The molecule has 0 aromatic heterocycles. The molecule has 6 nitrogen and oxygen atoms in total. The molecule has 0 unspecified atom stereocenters. The van der Waals surface area contributed by atoms with Gasteiger partial charge in [-0.15, -0.1) is 0 Å². The van der Waals surface area contributed by atoms with Gasteiger partial charge in [0, 0.05) is 23.7 Å². The van der Waals surface area contributed by atoms with Gasteiger partial charge in [0.1, 0.15) is 0 Å². The number of benzene rings is 2. The second-order valence-corrected chi connectivity index (χ2v) is 7.66. The molecule has 0 aliphatic heterocycles. The molecule has 0 saturated heterocycles. The third-order valence-corrected chi connectivity index (χ3v) is 5.07. The topological polar surface area (TPSA) is 95.5 Å². The van der Waals surface area contributed by atoms with E-state index in [1.54, 1.807) is 38.1 Å². The van der Waals surface area contributed by atoms with Gasteiger partial charge in [0.15, 0.2) is 0 Å². The van der Waals surface area contributed by atoms with Crippen molar-refractivity contribution in [2.24, 2.45) is 11.3 Å². The van der Waals surface area contributed by atoms with Gasteiger partial charge in [0.2, 0.25) is 11.8 Å². The van der Waals surface area contributed by atoms with Crippen LogP contribution in [-0.2, 0) is 27.2 Å². The first-order valence-corrected chi connectivity index (χ1v) is 9.30. The zero-order valence-electron chi connectivity index (χ0n) is 16.0. The maximum absolute atomic E-state index is 12.6. The van der Waals surface area contributed by atoms with Gasteiger partial charge in [-0.05, 0) is 42.2 Å². The lowest BCUT2D eigenvalue weighted by Gasteiger charge is -2.23. The summed E-state index contributed by atoms with van der Waals surface area (Å²) in [5, 5.41) is 15.4. The average Bonchev–Trinajstić information content (AvgIpc) is 3.01. The van der Waals surface area contributed by atoms with Crippen molar-refractivity contribution in [2.45, 2.75) is 33.1 Å². The van der Waals surface area contributed by atoms with Crippen molar-refractivity contribution in [1.29, 1.82) is 0 Å². The summed E-state index contributed by atoms with van der Waals surface area (Å²) in [7, 11) is 0. The molecule has 0 heterocycles. The molecule has 2 aromatic rings. The smallest absolute Gasteiger partial charge is 0.310 e. The quantitative estimate of drug-likeness (QED) is 0.715. The van der Waals surface area contributed by atoms with E-state index in [0.717, 1.165) is 11.1 Å². The summed E-state index contributed by atoms with van der Waals surface area (Å²) < 4.78 is 0. The van der Waals surface area contributed by atoms with Crippen LogP contribution in [0.4, 0.5) is 11.4 Å². The Bertz CT molecular complexity index is 895. The molecule has 0 fully saturated rings. The van der Waals surface area contributed by atoms with Crippen molar-refractivity contribution in [2.75, 3.05) is 10.6 Å². The van der Waals surface area contributed by atoms with Gasteiger partial charge in [-0.1, -0.05) is 44.2 Å². The van der Waals surface area contributed by atoms with Crippen LogP contribution in [0.1, 0.15) is 31.4 Å². The summed E-state index contributed by atoms with van der Waals surface area (Å²) in [6, 6.07) is 14.4. The molecule has 2 amide bonds. The van der Waals surface area contributed by atoms with Gasteiger partial charge < -0.3 is 15.7 Å². The molecule has 28 heavy (non-hydrogen) atoms. The number of amides is 2. The van der Waals surface area contributed by atoms with Gasteiger partial charge in [0.25, 0.3) is 0 Å². The van der Waals surface area contributed by atoms with Crippen LogP contribution in [0.15, 0.2) is 48.5 Å². The predicted molar refractivity (Wildman–Crippen MR) is 107 cm³/mol. The highest BCUT2D eigenvalue weighted by atomic mass is 16.4.